The van der Waals surface area contributed by atoms with Gasteiger partial charge in [0.25, 0.3) is 0 Å². The van der Waals surface area contributed by atoms with E-state index in [1.165, 1.54) is 29.2 Å². The van der Waals surface area contributed by atoms with Crippen LogP contribution in [0.25, 0.3) is 17.2 Å². The second kappa shape index (κ2) is 6.71. The lowest BCUT2D eigenvalue weighted by molar-refractivity contribution is -0.113. The zero-order chi connectivity index (χ0) is 14.4. The molecule has 1 amide bonds. The Labute approximate surface area is 119 Å². The van der Waals surface area contributed by atoms with E-state index in [2.05, 4.69) is 43.3 Å². The second-order valence-corrected chi connectivity index (χ2v) is 4.80. The monoisotopic (exact) mass is 265 g/mol. The molecular formula is C18H19NO. The Morgan fingerprint density at radius 2 is 1.55 bits per heavy atom. The van der Waals surface area contributed by atoms with Crippen molar-refractivity contribution in [3.63, 3.8) is 0 Å². The molecular weight excluding hydrogens is 246 g/mol. The molecule has 0 aliphatic carbocycles. The summed E-state index contributed by atoms with van der Waals surface area (Å²) in [6.45, 7) is 2.19. The van der Waals surface area contributed by atoms with E-state index >= 15 is 0 Å². The minimum Gasteiger partial charge on any atom is -0.366 e. The molecule has 102 valence electrons. The van der Waals surface area contributed by atoms with Crippen LogP contribution in [0.5, 0.6) is 0 Å². The fourth-order valence-corrected chi connectivity index (χ4v) is 2.12. The van der Waals surface area contributed by atoms with Crippen LogP contribution in [0.4, 0.5) is 0 Å². The van der Waals surface area contributed by atoms with Crippen molar-refractivity contribution in [2.45, 2.75) is 19.8 Å². The number of amides is 1. The predicted molar refractivity (Wildman–Crippen MR) is 84.1 cm³/mol. The van der Waals surface area contributed by atoms with Gasteiger partial charge in [0.2, 0.25) is 5.91 Å². The Kier molecular flexibility index (Phi) is 4.72. The molecule has 0 fully saturated rings. The highest BCUT2D eigenvalue weighted by molar-refractivity contribution is 5.90. The van der Waals surface area contributed by atoms with Gasteiger partial charge in [0.15, 0.2) is 0 Å². The van der Waals surface area contributed by atoms with Gasteiger partial charge in [0, 0.05) is 6.08 Å². The van der Waals surface area contributed by atoms with Crippen LogP contribution in [-0.2, 0) is 11.2 Å². The highest BCUT2D eigenvalue weighted by Gasteiger charge is 1.98. The van der Waals surface area contributed by atoms with Crippen LogP contribution < -0.4 is 5.73 Å². The maximum Gasteiger partial charge on any atom is 0.241 e. The highest BCUT2D eigenvalue weighted by atomic mass is 16.1. The standard InChI is InChI=1S/C18H19NO/c1-2-3-14-4-9-16(10-5-14)17-11-6-15(7-12-17)8-13-18(19)20/h4-13H,2-3H2,1H3,(H2,19,20)/b13-8+. The summed E-state index contributed by atoms with van der Waals surface area (Å²) in [6, 6.07) is 16.7. The number of hydrogen-bond donors (Lipinski definition) is 1. The summed E-state index contributed by atoms with van der Waals surface area (Å²) in [5.41, 5.74) is 9.79. The number of carbonyl (C=O) groups excluding carboxylic acids is 1. The molecule has 2 heteroatoms. The quantitative estimate of drug-likeness (QED) is 0.821. The fourth-order valence-electron chi connectivity index (χ4n) is 2.12. The summed E-state index contributed by atoms with van der Waals surface area (Å²) in [5, 5.41) is 0. The SMILES string of the molecule is CCCc1ccc(-c2ccc(/C=C/C(N)=O)cc2)cc1. The van der Waals surface area contributed by atoms with Gasteiger partial charge in [-0.3, -0.25) is 4.79 Å². The first kappa shape index (κ1) is 14.1. The van der Waals surface area contributed by atoms with E-state index in [1.54, 1.807) is 6.08 Å². The minimum atomic E-state index is -0.430. The maximum absolute atomic E-state index is 10.7. The van der Waals surface area contributed by atoms with Crippen molar-refractivity contribution in [1.29, 1.82) is 0 Å². The van der Waals surface area contributed by atoms with E-state index in [9.17, 15) is 4.79 Å². The average Bonchev–Trinajstić information content (AvgIpc) is 2.47. The zero-order valence-electron chi connectivity index (χ0n) is 11.7. The van der Waals surface area contributed by atoms with Gasteiger partial charge < -0.3 is 5.73 Å². The molecule has 0 bridgehead atoms. The molecule has 0 unspecified atom stereocenters. The zero-order valence-corrected chi connectivity index (χ0v) is 11.7. The molecule has 0 atom stereocenters. The molecule has 2 aromatic carbocycles. The van der Waals surface area contributed by atoms with E-state index in [0.717, 1.165) is 12.0 Å². The smallest absolute Gasteiger partial charge is 0.241 e. The maximum atomic E-state index is 10.7. The van der Waals surface area contributed by atoms with Crippen molar-refractivity contribution < 1.29 is 4.79 Å². The molecule has 0 saturated heterocycles. The van der Waals surface area contributed by atoms with Crippen molar-refractivity contribution >= 4 is 12.0 Å². The number of rotatable bonds is 5. The van der Waals surface area contributed by atoms with Gasteiger partial charge in [-0.1, -0.05) is 61.9 Å². The Morgan fingerprint density at radius 3 is 2.05 bits per heavy atom. The molecule has 2 aromatic rings. The summed E-state index contributed by atoms with van der Waals surface area (Å²) in [5.74, 6) is -0.430. The van der Waals surface area contributed by atoms with E-state index < -0.39 is 5.91 Å². The topological polar surface area (TPSA) is 43.1 Å². The fraction of sp³-hybridized carbons (Fsp3) is 0.167. The van der Waals surface area contributed by atoms with E-state index in [4.69, 9.17) is 5.73 Å². The molecule has 20 heavy (non-hydrogen) atoms. The minimum absolute atomic E-state index is 0.430. The molecule has 0 saturated carbocycles. The van der Waals surface area contributed by atoms with Gasteiger partial charge >= 0.3 is 0 Å². The van der Waals surface area contributed by atoms with Crippen LogP contribution in [0.1, 0.15) is 24.5 Å². The molecule has 0 radical (unpaired) electrons. The van der Waals surface area contributed by atoms with Crippen LogP contribution in [0.2, 0.25) is 0 Å². The third-order valence-electron chi connectivity index (χ3n) is 3.18. The number of hydrogen-bond acceptors (Lipinski definition) is 1. The Hall–Kier alpha value is -2.35. The molecule has 0 heterocycles. The van der Waals surface area contributed by atoms with E-state index in [1.807, 2.05) is 12.1 Å². The van der Waals surface area contributed by atoms with Crippen LogP contribution in [0, 0.1) is 0 Å². The Balaban J connectivity index is 2.15. The van der Waals surface area contributed by atoms with Crippen molar-refractivity contribution in [3.05, 3.63) is 65.7 Å². The average molecular weight is 265 g/mol. The molecule has 0 aliphatic rings. The van der Waals surface area contributed by atoms with Crippen LogP contribution in [-0.4, -0.2) is 5.91 Å². The highest BCUT2D eigenvalue weighted by Crippen LogP contribution is 2.21. The first-order valence-electron chi connectivity index (χ1n) is 6.86. The lowest BCUT2D eigenvalue weighted by atomic mass is 10.0. The molecule has 0 spiro atoms. The van der Waals surface area contributed by atoms with Gasteiger partial charge in [-0.05, 0) is 34.8 Å². The number of carbonyl (C=O) groups is 1. The van der Waals surface area contributed by atoms with Crippen molar-refractivity contribution in [2.75, 3.05) is 0 Å². The number of primary amides is 1. The summed E-state index contributed by atoms with van der Waals surface area (Å²) in [7, 11) is 0. The summed E-state index contributed by atoms with van der Waals surface area (Å²) in [4.78, 5) is 10.7. The first-order chi connectivity index (χ1) is 9.69. The lowest BCUT2D eigenvalue weighted by Crippen LogP contribution is -2.04. The van der Waals surface area contributed by atoms with Crippen LogP contribution in [0.15, 0.2) is 54.6 Å². The third-order valence-corrected chi connectivity index (χ3v) is 3.18. The van der Waals surface area contributed by atoms with Gasteiger partial charge in [-0.15, -0.1) is 0 Å². The van der Waals surface area contributed by atoms with E-state index in [0.29, 0.717) is 0 Å². The van der Waals surface area contributed by atoms with Crippen molar-refractivity contribution in [2.24, 2.45) is 5.73 Å². The summed E-state index contributed by atoms with van der Waals surface area (Å²) in [6.07, 6.45) is 5.38. The Bertz CT molecular complexity index is 594. The Morgan fingerprint density at radius 1 is 1.00 bits per heavy atom. The number of benzene rings is 2. The molecule has 2 rings (SSSR count). The second-order valence-electron chi connectivity index (χ2n) is 4.80. The summed E-state index contributed by atoms with van der Waals surface area (Å²) < 4.78 is 0. The normalized spacial score (nSPS) is 10.8. The van der Waals surface area contributed by atoms with Crippen molar-refractivity contribution in [1.82, 2.24) is 0 Å². The van der Waals surface area contributed by atoms with Crippen molar-refractivity contribution in [3.8, 4) is 11.1 Å². The van der Waals surface area contributed by atoms with Gasteiger partial charge in [-0.25, -0.2) is 0 Å². The van der Waals surface area contributed by atoms with Gasteiger partial charge in [-0.2, -0.15) is 0 Å². The molecule has 0 aromatic heterocycles. The lowest BCUT2D eigenvalue weighted by Gasteiger charge is -2.04. The number of aryl methyl sites for hydroxylation is 1. The molecule has 0 aliphatic heterocycles. The number of nitrogens with two attached hydrogens (primary N) is 1. The predicted octanol–water partition coefficient (Wildman–Crippen LogP) is 3.80. The van der Waals surface area contributed by atoms with Gasteiger partial charge in [0.1, 0.15) is 0 Å². The largest absolute Gasteiger partial charge is 0.366 e. The molecule has 2 N–H and O–H groups in total. The van der Waals surface area contributed by atoms with Crippen LogP contribution >= 0.6 is 0 Å². The molecule has 2 nitrogen and oxygen atoms in total. The third kappa shape index (κ3) is 3.82. The van der Waals surface area contributed by atoms with Crippen LogP contribution in [0.3, 0.4) is 0 Å². The first-order valence-corrected chi connectivity index (χ1v) is 6.86. The van der Waals surface area contributed by atoms with Gasteiger partial charge in [0.05, 0.1) is 0 Å². The summed E-state index contributed by atoms with van der Waals surface area (Å²) >= 11 is 0. The van der Waals surface area contributed by atoms with E-state index in [-0.39, 0.29) is 0 Å².